The Kier molecular flexibility index (Phi) is 5.07. The highest BCUT2D eigenvalue weighted by molar-refractivity contribution is 6.05. The third-order valence-corrected chi connectivity index (χ3v) is 5.04. The first-order valence-corrected chi connectivity index (χ1v) is 9.41. The molecule has 150 valence electrons. The van der Waals surface area contributed by atoms with Crippen LogP contribution in [0.3, 0.4) is 0 Å². The van der Waals surface area contributed by atoms with Gasteiger partial charge >= 0.3 is 6.03 Å². The molecule has 1 saturated heterocycles. The molecule has 4 amide bonds. The standard InChI is InChI=1S/C21H21N3O5/c1-13(14-5-3-2-4-6-14)24-20(26)16(23-21(24)27)8-10-19(25)22-15-7-9-17-18(11-15)29-12-28-17/h2-7,9,11,13,16H,8,10,12H2,1H3,(H,22,25)(H,23,27)/t13-,16+/m1/s1. The maximum Gasteiger partial charge on any atom is 0.325 e. The van der Waals surface area contributed by atoms with Crippen molar-refractivity contribution in [2.24, 2.45) is 0 Å². The third-order valence-electron chi connectivity index (χ3n) is 5.04. The van der Waals surface area contributed by atoms with E-state index in [0.29, 0.717) is 17.2 Å². The summed E-state index contributed by atoms with van der Waals surface area (Å²) in [6, 6.07) is 13.0. The SMILES string of the molecule is C[C@H](c1ccccc1)N1C(=O)N[C@@H](CCC(=O)Nc2ccc3c(c2)OCO3)C1=O. The Morgan fingerprint density at radius 2 is 1.93 bits per heavy atom. The molecule has 8 nitrogen and oxygen atoms in total. The Morgan fingerprint density at radius 3 is 2.72 bits per heavy atom. The Morgan fingerprint density at radius 1 is 1.17 bits per heavy atom. The van der Waals surface area contributed by atoms with Gasteiger partial charge in [0.1, 0.15) is 6.04 Å². The number of nitrogens with zero attached hydrogens (tertiary/aromatic N) is 1. The van der Waals surface area contributed by atoms with E-state index in [9.17, 15) is 14.4 Å². The van der Waals surface area contributed by atoms with Crippen molar-refractivity contribution in [3.05, 3.63) is 54.1 Å². The molecule has 0 unspecified atom stereocenters. The molecule has 2 atom stereocenters. The van der Waals surface area contributed by atoms with E-state index in [-0.39, 0.29) is 37.5 Å². The Bertz CT molecular complexity index is 947. The van der Waals surface area contributed by atoms with Gasteiger partial charge in [-0.15, -0.1) is 0 Å². The van der Waals surface area contributed by atoms with Gasteiger partial charge in [0.05, 0.1) is 6.04 Å². The molecule has 0 spiro atoms. The number of urea groups is 1. The average molecular weight is 395 g/mol. The number of hydrogen-bond donors (Lipinski definition) is 2. The minimum atomic E-state index is -0.712. The van der Waals surface area contributed by atoms with Gasteiger partial charge in [-0.25, -0.2) is 4.79 Å². The van der Waals surface area contributed by atoms with Gasteiger partial charge in [-0.1, -0.05) is 30.3 Å². The molecular weight excluding hydrogens is 374 g/mol. The fraction of sp³-hybridized carbons (Fsp3) is 0.286. The molecular formula is C21H21N3O5. The minimum absolute atomic E-state index is 0.0959. The van der Waals surface area contributed by atoms with Crippen LogP contribution in [0.15, 0.2) is 48.5 Å². The number of benzene rings is 2. The first-order chi connectivity index (χ1) is 14.0. The molecule has 0 aliphatic carbocycles. The maximum absolute atomic E-state index is 12.7. The topological polar surface area (TPSA) is 97.0 Å². The quantitative estimate of drug-likeness (QED) is 0.733. The number of carbonyl (C=O) groups is 3. The Hall–Kier alpha value is -3.55. The molecule has 2 N–H and O–H groups in total. The third kappa shape index (κ3) is 3.87. The molecule has 2 aromatic carbocycles. The van der Waals surface area contributed by atoms with Crippen molar-refractivity contribution in [3.63, 3.8) is 0 Å². The number of nitrogens with one attached hydrogen (secondary N) is 2. The van der Waals surface area contributed by atoms with Crippen molar-refractivity contribution in [2.75, 3.05) is 12.1 Å². The van der Waals surface area contributed by atoms with Gasteiger partial charge in [-0.3, -0.25) is 14.5 Å². The van der Waals surface area contributed by atoms with Crippen LogP contribution in [0.25, 0.3) is 0 Å². The summed E-state index contributed by atoms with van der Waals surface area (Å²) in [6.45, 7) is 1.97. The highest BCUT2D eigenvalue weighted by atomic mass is 16.7. The lowest BCUT2D eigenvalue weighted by Gasteiger charge is -2.21. The van der Waals surface area contributed by atoms with Crippen LogP contribution in [-0.2, 0) is 9.59 Å². The second-order valence-corrected chi connectivity index (χ2v) is 6.95. The van der Waals surface area contributed by atoms with E-state index >= 15 is 0 Å². The number of anilines is 1. The molecule has 29 heavy (non-hydrogen) atoms. The number of fused-ring (bicyclic) bond motifs is 1. The van der Waals surface area contributed by atoms with E-state index in [2.05, 4.69) is 10.6 Å². The summed E-state index contributed by atoms with van der Waals surface area (Å²) >= 11 is 0. The normalized spacial score (nSPS) is 18.5. The molecule has 2 aliphatic heterocycles. The van der Waals surface area contributed by atoms with Crippen LogP contribution in [0.1, 0.15) is 31.4 Å². The molecule has 2 aromatic rings. The number of rotatable bonds is 6. The second kappa shape index (κ2) is 7.83. The molecule has 1 fully saturated rings. The zero-order valence-electron chi connectivity index (χ0n) is 15.9. The van der Waals surface area contributed by atoms with Crippen LogP contribution in [0.2, 0.25) is 0 Å². The van der Waals surface area contributed by atoms with Crippen molar-refractivity contribution >= 4 is 23.5 Å². The van der Waals surface area contributed by atoms with Gasteiger partial charge in [0.25, 0.3) is 5.91 Å². The predicted octanol–water partition coefficient (Wildman–Crippen LogP) is 2.82. The van der Waals surface area contributed by atoms with Crippen molar-refractivity contribution in [3.8, 4) is 11.5 Å². The summed E-state index contributed by atoms with van der Waals surface area (Å²) < 4.78 is 10.5. The van der Waals surface area contributed by atoms with Crippen LogP contribution in [0.5, 0.6) is 11.5 Å². The molecule has 0 saturated carbocycles. The fourth-order valence-electron chi connectivity index (χ4n) is 3.46. The van der Waals surface area contributed by atoms with E-state index < -0.39 is 12.1 Å². The average Bonchev–Trinajstić information content (AvgIpc) is 3.30. The second-order valence-electron chi connectivity index (χ2n) is 6.95. The summed E-state index contributed by atoms with van der Waals surface area (Å²) in [4.78, 5) is 38.5. The number of ether oxygens (including phenoxy) is 2. The largest absolute Gasteiger partial charge is 0.454 e. The zero-order chi connectivity index (χ0) is 20.4. The van der Waals surface area contributed by atoms with Gasteiger partial charge in [0.2, 0.25) is 12.7 Å². The van der Waals surface area contributed by atoms with Crippen LogP contribution < -0.4 is 20.1 Å². The van der Waals surface area contributed by atoms with E-state index in [1.807, 2.05) is 37.3 Å². The van der Waals surface area contributed by atoms with Crippen molar-refractivity contribution in [2.45, 2.75) is 31.8 Å². The van der Waals surface area contributed by atoms with Crippen LogP contribution in [0.4, 0.5) is 10.5 Å². The number of amides is 4. The first kappa shape index (κ1) is 18.8. The molecule has 0 aromatic heterocycles. The lowest BCUT2D eigenvalue weighted by molar-refractivity contribution is -0.129. The lowest BCUT2D eigenvalue weighted by atomic mass is 10.1. The van der Waals surface area contributed by atoms with E-state index in [1.54, 1.807) is 18.2 Å². The van der Waals surface area contributed by atoms with E-state index in [4.69, 9.17) is 9.47 Å². The molecule has 0 bridgehead atoms. The highest BCUT2D eigenvalue weighted by Gasteiger charge is 2.40. The van der Waals surface area contributed by atoms with Crippen LogP contribution in [-0.4, -0.2) is 35.6 Å². The zero-order valence-corrected chi connectivity index (χ0v) is 15.9. The van der Waals surface area contributed by atoms with E-state index in [0.717, 1.165) is 5.56 Å². The van der Waals surface area contributed by atoms with Crippen molar-refractivity contribution < 1.29 is 23.9 Å². The number of imide groups is 1. The number of carbonyl (C=O) groups excluding carboxylic acids is 3. The molecule has 2 heterocycles. The van der Waals surface area contributed by atoms with Crippen LogP contribution in [0, 0.1) is 0 Å². The van der Waals surface area contributed by atoms with Gasteiger partial charge in [0.15, 0.2) is 11.5 Å². The Balaban J connectivity index is 1.33. The van der Waals surface area contributed by atoms with E-state index in [1.165, 1.54) is 4.90 Å². The van der Waals surface area contributed by atoms with Gasteiger partial charge in [-0.05, 0) is 31.0 Å². The fourth-order valence-corrected chi connectivity index (χ4v) is 3.46. The molecule has 4 rings (SSSR count). The van der Waals surface area contributed by atoms with Gasteiger partial charge < -0.3 is 20.1 Å². The summed E-state index contributed by atoms with van der Waals surface area (Å²) in [5.74, 6) is 0.643. The summed E-state index contributed by atoms with van der Waals surface area (Å²) in [7, 11) is 0. The van der Waals surface area contributed by atoms with Crippen molar-refractivity contribution in [1.82, 2.24) is 10.2 Å². The molecule has 2 aliphatic rings. The smallest absolute Gasteiger partial charge is 0.325 e. The predicted molar refractivity (Wildman–Crippen MR) is 104 cm³/mol. The van der Waals surface area contributed by atoms with Gasteiger partial charge in [-0.2, -0.15) is 0 Å². The highest BCUT2D eigenvalue weighted by Crippen LogP contribution is 2.34. The van der Waals surface area contributed by atoms with Crippen molar-refractivity contribution in [1.29, 1.82) is 0 Å². The monoisotopic (exact) mass is 395 g/mol. The van der Waals surface area contributed by atoms with Gasteiger partial charge in [0, 0.05) is 18.2 Å². The number of hydrogen-bond acceptors (Lipinski definition) is 5. The summed E-state index contributed by atoms with van der Waals surface area (Å²) in [5.41, 5.74) is 1.46. The summed E-state index contributed by atoms with van der Waals surface area (Å²) in [5, 5.41) is 5.45. The minimum Gasteiger partial charge on any atom is -0.454 e. The van der Waals surface area contributed by atoms with Crippen LogP contribution >= 0.6 is 0 Å². The maximum atomic E-state index is 12.7. The molecule has 0 radical (unpaired) electrons. The Labute approximate surface area is 167 Å². The lowest BCUT2D eigenvalue weighted by Crippen LogP contribution is -2.34. The summed E-state index contributed by atoms with van der Waals surface area (Å²) in [6.07, 6.45) is 0.317. The molecule has 8 heteroatoms. The first-order valence-electron chi connectivity index (χ1n) is 9.41.